The molecule has 0 bridgehead atoms. The van der Waals surface area contributed by atoms with Crippen LogP contribution < -0.4 is 14.4 Å². The molecular formula is C27H30FN3O5S. The lowest BCUT2D eigenvalue weighted by atomic mass is 10.0. The monoisotopic (exact) mass is 527 g/mol. The van der Waals surface area contributed by atoms with Crippen LogP contribution in [0, 0.1) is 5.82 Å². The SMILES string of the molecule is CNC(=O)C(Cc1ccccc1)N(Cc1ccccc1F)C(=O)CN(c1cccc(OC)c1)S(C)(=O)=O. The van der Waals surface area contributed by atoms with Crippen LogP contribution in [-0.2, 0) is 32.6 Å². The fourth-order valence-electron chi connectivity index (χ4n) is 3.91. The number of nitrogens with zero attached hydrogens (tertiary/aromatic N) is 2. The number of hydrogen-bond acceptors (Lipinski definition) is 5. The van der Waals surface area contributed by atoms with Gasteiger partial charge in [0.15, 0.2) is 0 Å². The van der Waals surface area contributed by atoms with Crippen LogP contribution in [0.4, 0.5) is 10.1 Å². The van der Waals surface area contributed by atoms with Crippen LogP contribution in [0.2, 0.25) is 0 Å². The van der Waals surface area contributed by atoms with Gasteiger partial charge in [-0.3, -0.25) is 13.9 Å². The molecule has 0 saturated heterocycles. The molecular weight excluding hydrogens is 497 g/mol. The first-order valence-corrected chi connectivity index (χ1v) is 13.4. The first-order chi connectivity index (χ1) is 17.6. The molecule has 0 fully saturated rings. The van der Waals surface area contributed by atoms with Gasteiger partial charge in [-0.2, -0.15) is 0 Å². The Balaban J connectivity index is 2.04. The Morgan fingerprint density at radius 3 is 2.30 bits per heavy atom. The highest BCUT2D eigenvalue weighted by Gasteiger charge is 2.33. The Morgan fingerprint density at radius 2 is 1.68 bits per heavy atom. The number of sulfonamides is 1. The zero-order valence-corrected chi connectivity index (χ0v) is 21.7. The fraction of sp³-hybridized carbons (Fsp3) is 0.259. The molecule has 1 atom stereocenters. The molecule has 0 spiro atoms. The van der Waals surface area contributed by atoms with Gasteiger partial charge in [-0.05, 0) is 23.8 Å². The van der Waals surface area contributed by atoms with Gasteiger partial charge in [0.1, 0.15) is 24.2 Å². The number of hydrogen-bond donors (Lipinski definition) is 1. The molecule has 0 radical (unpaired) electrons. The van der Waals surface area contributed by atoms with E-state index in [0.29, 0.717) is 5.75 Å². The van der Waals surface area contributed by atoms with Crippen LogP contribution in [0.3, 0.4) is 0 Å². The Hall–Kier alpha value is -3.92. The summed E-state index contributed by atoms with van der Waals surface area (Å²) in [6, 6.07) is 20.3. The average Bonchev–Trinajstić information content (AvgIpc) is 2.89. The third kappa shape index (κ3) is 7.29. The predicted octanol–water partition coefficient (Wildman–Crippen LogP) is 2.99. The topological polar surface area (TPSA) is 96.0 Å². The second-order valence-electron chi connectivity index (χ2n) is 8.40. The van der Waals surface area contributed by atoms with Gasteiger partial charge in [0, 0.05) is 31.6 Å². The predicted molar refractivity (Wildman–Crippen MR) is 140 cm³/mol. The van der Waals surface area contributed by atoms with Crippen molar-refractivity contribution in [3.63, 3.8) is 0 Å². The molecule has 0 heterocycles. The van der Waals surface area contributed by atoms with E-state index < -0.39 is 40.2 Å². The molecule has 8 nitrogen and oxygen atoms in total. The molecule has 0 aliphatic heterocycles. The summed E-state index contributed by atoms with van der Waals surface area (Å²) >= 11 is 0. The lowest BCUT2D eigenvalue weighted by Crippen LogP contribution is -2.53. The van der Waals surface area contributed by atoms with Crippen LogP contribution in [-0.4, -0.2) is 58.1 Å². The third-order valence-corrected chi connectivity index (χ3v) is 6.98. The molecule has 0 aliphatic carbocycles. The molecule has 196 valence electrons. The maximum absolute atomic E-state index is 14.6. The van der Waals surface area contributed by atoms with E-state index in [1.54, 1.807) is 18.2 Å². The second-order valence-corrected chi connectivity index (χ2v) is 10.3. The smallest absolute Gasteiger partial charge is 0.244 e. The van der Waals surface area contributed by atoms with E-state index in [2.05, 4.69) is 5.32 Å². The van der Waals surface area contributed by atoms with Crippen molar-refractivity contribution in [2.24, 2.45) is 0 Å². The maximum atomic E-state index is 14.6. The number of halogens is 1. The van der Waals surface area contributed by atoms with Crippen molar-refractivity contribution in [3.8, 4) is 5.75 Å². The van der Waals surface area contributed by atoms with Crippen LogP contribution in [0.25, 0.3) is 0 Å². The minimum absolute atomic E-state index is 0.152. The lowest BCUT2D eigenvalue weighted by Gasteiger charge is -2.33. The van der Waals surface area contributed by atoms with E-state index in [1.165, 1.54) is 49.4 Å². The summed E-state index contributed by atoms with van der Waals surface area (Å²) in [6.45, 7) is -0.825. The quantitative estimate of drug-likeness (QED) is 0.414. The number of ether oxygens (including phenoxy) is 1. The molecule has 37 heavy (non-hydrogen) atoms. The summed E-state index contributed by atoms with van der Waals surface area (Å²) in [7, 11) is -1.01. The Labute approximate surface area is 216 Å². The van der Waals surface area contributed by atoms with Crippen molar-refractivity contribution in [2.45, 2.75) is 19.0 Å². The van der Waals surface area contributed by atoms with E-state index in [4.69, 9.17) is 4.74 Å². The van der Waals surface area contributed by atoms with Gasteiger partial charge in [-0.15, -0.1) is 0 Å². The minimum atomic E-state index is -3.91. The van der Waals surface area contributed by atoms with Gasteiger partial charge in [-0.25, -0.2) is 12.8 Å². The zero-order chi connectivity index (χ0) is 27.0. The first kappa shape index (κ1) is 27.7. The number of carbonyl (C=O) groups excluding carboxylic acids is 2. The van der Waals surface area contributed by atoms with E-state index >= 15 is 0 Å². The summed E-state index contributed by atoms with van der Waals surface area (Å²) in [6.07, 6.45) is 1.14. The minimum Gasteiger partial charge on any atom is -0.497 e. The van der Waals surface area contributed by atoms with Crippen molar-refractivity contribution in [2.75, 3.05) is 31.3 Å². The third-order valence-electron chi connectivity index (χ3n) is 5.84. The number of amides is 2. The molecule has 0 saturated carbocycles. The van der Waals surface area contributed by atoms with Crippen molar-refractivity contribution in [3.05, 3.63) is 95.8 Å². The molecule has 0 aliphatic rings. The van der Waals surface area contributed by atoms with Gasteiger partial charge in [-0.1, -0.05) is 54.6 Å². The maximum Gasteiger partial charge on any atom is 0.244 e. The van der Waals surface area contributed by atoms with Crippen molar-refractivity contribution < 1.29 is 27.1 Å². The van der Waals surface area contributed by atoms with Gasteiger partial charge in [0.25, 0.3) is 0 Å². The van der Waals surface area contributed by atoms with Crippen LogP contribution in [0.15, 0.2) is 78.9 Å². The Morgan fingerprint density at radius 1 is 1.00 bits per heavy atom. The number of anilines is 1. The number of rotatable bonds is 11. The molecule has 10 heteroatoms. The average molecular weight is 528 g/mol. The number of carbonyl (C=O) groups is 2. The zero-order valence-electron chi connectivity index (χ0n) is 20.9. The largest absolute Gasteiger partial charge is 0.497 e. The van der Waals surface area contributed by atoms with E-state index in [0.717, 1.165) is 16.1 Å². The highest BCUT2D eigenvalue weighted by molar-refractivity contribution is 7.92. The normalized spacial score (nSPS) is 11.9. The van der Waals surface area contributed by atoms with Crippen molar-refractivity contribution in [1.29, 1.82) is 0 Å². The molecule has 0 aromatic heterocycles. The summed E-state index contributed by atoms with van der Waals surface area (Å²) in [5.74, 6) is -1.25. The van der Waals surface area contributed by atoms with E-state index in [1.807, 2.05) is 30.3 Å². The van der Waals surface area contributed by atoms with E-state index in [9.17, 15) is 22.4 Å². The molecule has 1 unspecified atom stereocenters. The number of benzene rings is 3. The number of nitrogens with one attached hydrogen (secondary N) is 1. The fourth-order valence-corrected chi connectivity index (χ4v) is 4.75. The standard InChI is InChI=1S/C27H30FN3O5S/c1-29-27(33)25(16-20-10-5-4-6-11-20)30(18-21-12-7-8-15-24(21)28)26(32)19-31(37(3,34)35)22-13-9-14-23(17-22)36-2/h4-15,17,25H,16,18-19H2,1-3H3,(H,29,33). The molecule has 2 amide bonds. The van der Waals surface area contributed by atoms with Gasteiger partial charge >= 0.3 is 0 Å². The van der Waals surface area contributed by atoms with Gasteiger partial charge < -0.3 is 15.0 Å². The molecule has 3 aromatic rings. The Kier molecular flexibility index (Phi) is 9.24. The second kappa shape index (κ2) is 12.4. The number of likely N-dealkylation sites (N-methyl/N-ethyl adjacent to an activating group) is 1. The van der Waals surface area contributed by atoms with Gasteiger partial charge in [0.2, 0.25) is 21.8 Å². The summed E-state index contributed by atoms with van der Waals surface area (Å²) in [4.78, 5) is 28.0. The van der Waals surface area contributed by atoms with E-state index in [-0.39, 0.29) is 24.2 Å². The summed E-state index contributed by atoms with van der Waals surface area (Å²) < 4.78 is 46.2. The summed E-state index contributed by atoms with van der Waals surface area (Å²) in [5, 5.41) is 2.58. The van der Waals surface area contributed by atoms with Crippen LogP contribution >= 0.6 is 0 Å². The molecule has 1 N–H and O–H groups in total. The Bertz CT molecular complexity index is 1330. The van der Waals surface area contributed by atoms with Crippen molar-refractivity contribution >= 4 is 27.5 Å². The van der Waals surface area contributed by atoms with Crippen LogP contribution in [0.1, 0.15) is 11.1 Å². The molecule has 3 aromatic carbocycles. The number of methoxy groups -OCH3 is 1. The highest BCUT2D eigenvalue weighted by atomic mass is 32.2. The first-order valence-electron chi connectivity index (χ1n) is 11.5. The van der Waals surface area contributed by atoms with Crippen LogP contribution in [0.5, 0.6) is 5.75 Å². The highest BCUT2D eigenvalue weighted by Crippen LogP contribution is 2.24. The summed E-state index contributed by atoms with van der Waals surface area (Å²) in [5.41, 5.74) is 1.21. The molecule has 3 rings (SSSR count). The van der Waals surface area contributed by atoms with Gasteiger partial charge in [0.05, 0.1) is 19.1 Å². The van der Waals surface area contributed by atoms with Crippen molar-refractivity contribution in [1.82, 2.24) is 10.2 Å². The lowest BCUT2D eigenvalue weighted by molar-refractivity contribution is -0.139.